The van der Waals surface area contributed by atoms with Crippen molar-refractivity contribution in [2.45, 2.75) is 51.1 Å². The predicted molar refractivity (Wildman–Crippen MR) is 84.6 cm³/mol. The molecule has 3 atom stereocenters. The van der Waals surface area contributed by atoms with Crippen molar-refractivity contribution >= 4 is 17.8 Å². The Hall–Kier alpha value is -1.63. The summed E-state index contributed by atoms with van der Waals surface area (Å²) in [6, 6.07) is -0.417. The van der Waals surface area contributed by atoms with Crippen LogP contribution in [0, 0.1) is 5.92 Å². The number of carbonyl (C=O) groups is 3. The van der Waals surface area contributed by atoms with Gasteiger partial charge < -0.3 is 15.4 Å². The molecule has 2 amide bonds. The van der Waals surface area contributed by atoms with Gasteiger partial charge in [0.15, 0.2) is 0 Å². The van der Waals surface area contributed by atoms with E-state index in [0.717, 1.165) is 19.3 Å². The second-order valence-corrected chi connectivity index (χ2v) is 6.49. The van der Waals surface area contributed by atoms with E-state index < -0.39 is 12.0 Å². The lowest BCUT2D eigenvalue weighted by molar-refractivity contribution is -0.146. The van der Waals surface area contributed by atoms with Crippen molar-refractivity contribution < 1.29 is 19.1 Å². The molecule has 7 heteroatoms. The largest absolute Gasteiger partial charge is 0.469 e. The summed E-state index contributed by atoms with van der Waals surface area (Å²) in [5.41, 5.74) is 0. The summed E-state index contributed by atoms with van der Waals surface area (Å²) in [6.45, 7) is 3.35. The molecule has 1 aliphatic heterocycles. The summed E-state index contributed by atoms with van der Waals surface area (Å²) in [7, 11) is 1.30. The molecule has 2 N–H and O–H groups in total. The molecule has 1 aliphatic carbocycles. The third kappa shape index (κ3) is 4.92. The molecule has 0 aromatic carbocycles. The number of nitrogens with one attached hydrogen (secondary N) is 2. The molecule has 1 saturated heterocycles. The first-order valence-electron chi connectivity index (χ1n) is 8.39. The van der Waals surface area contributed by atoms with Gasteiger partial charge in [-0.25, -0.2) is 0 Å². The first-order chi connectivity index (χ1) is 11.0. The lowest BCUT2D eigenvalue weighted by atomic mass is 9.86. The zero-order valence-corrected chi connectivity index (χ0v) is 14.0. The highest BCUT2D eigenvalue weighted by Crippen LogP contribution is 2.23. The average Bonchev–Trinajstić information content (AvgIpc) is 2.52. The van der Waals surface area contributed by atoms with Crippen LogP contribution < -0.4 is 10.6 Å². The number of hydrogen-bond acceptors (Lipinski definition) is 5. The van der Waals surface area contributed by atoms with Crippen molar-refractivity contribution in [3.63, 3.8) is 0 Å². The molecule has 0 radical (unpaired) electrons. The first-order valence-corrected chi connectivity index (χ1v) is 8.39. The average molecular weight is 325 g/mol. The second kappa shape index (κ2) is 8.29. The number of nitrogens with zero attached hydrogens (tertiary/aromatic N) is 1. The maximum absolute atomic E-state index is 12.3. The van der Waals surface area contributed by atoms with E-state index in [2.05, 4.69) is 22.3 Å². The van der Waals surface area contributed by atoms with Crippen LogP contribution >= 0.6 is 0 Å². The number of rotatable bonds is 5. The molecule has 0 spiro atoms. The van der Waals surface area contributed by atoms with Gasteiger partial charge in [-0.3, -0.25) is 19.3 Å². The van der Waals surface area contributed by atoms with Crippen LogP contribution in [0.3, 0.4) is 0 Å². The van der Waals surface area contributed by atoms with Crippen LogP contribution in [0.25, 0.3) is 0 Å². The highest BCUT2D eigenvalue weighted by Gasteiger charge is 2.33. The number of ether oxygens (including phenoxy) is 1. The van der Waals surface area contributed by atoms with Gasteiger partial charge in [-0.05, 0) is 18.8 Å². The van der Waals surface area contributed by atoms with Crippen molar-refractivity contribution in [2.24, 2.45) is 5.92 Å². The van der Waals surface area contributed by atoms with E-state index >= 15 is 0 Å². The fraction of sp³-hybridized carbons (Fsp3) is 0.812. The highest BCUT2D eigenvalue weighted by molar-refractivity contribution is 5.88. The summed E-state index contributed by atoms with van der Waals surface area (Å²) in [5, 5.41) is 5.82. The van der Waals surface area contributed by atoms with Gasteiger partial charge in [0.1, 0.15) is 6.04 Å². The summed E-state index contributed by atoms with van der Waals surface area (Å²) in [4.78, 5) is 37.6. The van der Waals surface area contributed by atoms with Gasteiger partial charge in [0, 0.05) is 19.1 Å². The summed E-state index contributed by atoms with van der Waals surface area (Å²) in [6.07, 6.45) is 4.49. The van der Waals surface area contributed by atoms with Crippen molar-refractivity contribution in [1.82, 2.24) is 15.5 Å². The number of hydrogen-bond donors (Lipinski definition) is 2. The van der Waals surface area contributed by atoms with E-state index in [9.17, 15) is 14.4 Å². The molecule has 1 saturated carbocycles. The van der Waals surface area contributed by atoms with Crippen LogP contribution in [0.1, 0.15) is 39.0 Å². The number of methoxy groups -OCH3 is 1. The Labute approximate surface area is 137 Å². The monoisotopic (exact) mass is 325 g/mol. The fourth-order valence-corrected chi connectivity index (χ4v) is 3.38. The van der Waals surface area contributed by atoms with E-state index in [0.29, 0.717) is 19.0 Å². The maximum atomic E-state index is 12.3. The minimum absolute atomic E-state index is 0.0323. The Morgan fingerprint density at radius 3 is 2.78 bits per heavy atom. The molecule has 23 heavy (non-hydrogen) atoms. The second-order valence-electron chi connectivity index (χ2n) is 6.49. The lowest BCUT2D eigenvalue weighted by Gasteiger charge is -2.35. The number of amides is 2. The van der Waals surface area contributed by atoms with Gasteiger partial charge in [-0.2, -0.15) is 0 Å². The van der Waals surface area contributed by atoms with Crippen LogP contribution in [0.2, 0.25) is 0 Å². The minimum atomic E-state index is -0.634. The van der Waals surface area contributed by atoms with Gasteiger partial charge in [-0.1, -0.05) is 19.8 Å². The van der Waals surface area contributed by atoms with Gasteiger partial charge in [0.2, 0.25) is 11.8 Å². The van der Waals surface area contributed by atoms with E-state index in [1.165, 1.54) is 13.5 Å². The molecule has 2 aliphatic rings. The Kier molecular flexibility index (Phi) is 6.38. The van der Waals surface area contributed by atoms with Gasteiger partial charge in [0.05, 0.1) is 20.1 Å². The van der Waals surface area contributed by atoms with Gasteiger partial charge in [-0.15, -0.1) is 0 Å². The van der Waals surface area contributed by atoms with Crippen LogP contribution in [-0.2, 0) is 19.1 Å². The lowest BCUT2D eigenvalue weighted by Crippen LogP contribution is -2.58. The smallest absolute Gasteiger partial charge is 0.307 e. The quantitative estimate of drug-likeness (QED) is 0.697. The zero-order valence-electron chi connectivity index (χ0n) is 14.0. The van der Waals surface area contributed by atoms with Crippen molar-refractivity contribution in [3.05, 3.63) is 0 Å². The van der Waals surface area contributed by atoms with Gasteiger partial charge in [0.25, 0.3) is 0 Å². The van der Waals surface area contributed by atoms with Gasteiger partial charge >= 0.3 is 5.97 Å². The molecule has 0 aromatic rings. The topological polar surface area (TPSA) is 87.7 Å². The standard InChI is InChI=1S/C16H27N3O4/c1-11-5-3-4-6-12(11)18-14(20)10-19-8-7-17-16(22)13(19)9-15(21)23-2/h11-13H,3-10H2,1-2H3,(H,17,22)(H,18,20)/t11-,12-,13+/m1/s1. The molecule has 2 rings (SSSR count). The number of esters is 1. The Bertz CT molecular complexity index is 455. The van der Waals surface area contributed by atoms with Crippen LogP contribution in [0.15, 0.2) is 0 Å². The van der Waals surface area contributed by atoms with Crippen molar-refractivity contribution in [2.75, 3.05) is 26.7 Å². The molecule has 7 nitrogen and oxygen atoms in total. The summed E-state index contributed by atoms with van der Waals surface area (Å²) >= 11 is 0. The Morgan fingerprint density at radius 2 is 2.09 bits per heavy atom. The predicted octanol–water partition coefficient (Wildman–Crippen LogP) is 0.0448. The molecule has 0 bridgehead atoms. The van der Waals surface area contributed by atoms with Crippen LogP contribution in [0.5, 0.6) is 0 Å². The van der Waals surface area contributed by atoms with Crippen molar-refractivity contribution in [3.8, 4) is 0 Å². The van der Waals surface area contributed by atoms with Crippen molar-refractivity contribution in [1.29, 1.82) is 0 Å². The molecule has 0 aromatic heterocycles. The Balaban J connectivity index is 1.91. The normalized spacial score (nSPS) is 28.8. The molecular weight excluding hydrogens is 298 g/mol. The molecule has 130 valence electrons. The SMILES string of the molecule is COC(=O)C[C@H]1C(=O)NCCN1CC(=O)N[C@@H]1CCCC[C@H]1C. The molecular formula is C16H27N3O4. The third-order valence-corrected chi connectivity index (χ3v) is 4.83. The Morgan fingerprint density at radius 1 is 1.35 bits per heavy atom. The summed E-state index contributed by atoms with van der Waals surface area (Å²) < 4.78 is 4.64. The number of piperazine rings is 1. The molecule has 1 heterocycles. The minimum Gasteiger partial charge on any atom is -0.469 e. The summed E-state index contributed by atoms with van der Waals surface area (Å²) in [5.74, 6) is -0.254. The van der Waals surface area contributed by atoms with E-state index in [1.54, 1.807) is 4.90 Å². The van der Waals surface area contributed by atoms with E-state index in [1.807, 2.05) is 0 Å². The number of carbonyl (C=O) groups excluding carboxylic acids is 3. The molecule has 0 unspecified atom stereocenters. The maximum Gasteiger partial charge on any atom is 0.307 e. The first kappa shape index (κ1) is 17.7. The van der Waals surface area contributed by atoms with E-state index in [4.69, 9.17) is 0 Å². The highest BCUT2D eigenvalue weighted by atomic mass is 16.5. The van der Waals surface area contributed by atoms with Crippen LogP contribution in [-0.4, -0.2) is 61.5 Å². The molecule has 2 fully saturated rings. The zero-order chi connectivity index (χ0) is 16.8. The van der Waals surface area contributed by atoms with E-state index in [-0.39, 0.29) is 30.8 Å². The fourth-order valence-electron chi connectivity index (χ4n) is 3.38. The van der Waals surface area contributed by atoms with Crippen LogP contribution in [0.4, 0.5) is 0 Å². The third-order valence-electron chi connectivity index (χ3n) is 4.83.